The highest BCUT2D eigenvalue weighted by Crippen LogP contribution is 2.39. The average Bonchev–Trinajstić information content (AvgIpc) is 2.61. The molecule has 2 rings (SSSR count). The Morgan fingerprint density at radius 3 is 2.33 bits per heavy atom. The summed E-state index contributed by atoms with van der Waals surface area (Å²) < 4.78 is 6.44. The van der Waals surface area contributed by atoms with Gasteiger partial charge >= 0.3 is 0 Å². The van der Waals surface area contributed by atoms with Crippen LogP contribution in [0.15, 0.2) is 5.16 Å². The van der Waals surface area contributed by atoms with Crippen molar-refractivity contribution in [2.45, 2.75) is 91.1 Å². The van der Waals surface area contributed by atoms with Gasteiger partial charge in [-0.3, -0.25) is 4.90 Å². The Hall–Kier alpha value is -0.770. The highest BCUT2D eigenvalue weighted by molar-refractivity contribution is 5.82. The highest BCUT2D eigenvalue weighted by Gasteiger charge is 2.39. The van der Waals surface area contributed by atoms with Gasteiger partial charge in [0.2, 0.25) is 5.90 Å². The van der Waals surface area contributed by atoms with Gasteiger partial charge in [-0.2, -0.15) is 0 Å². The summed E-state index contributed by atoms with van der Waals surface area (Å²) in [4.78, 5) is 8.19. The molecule has 1 saturated heterocycles. The quantitative estimate of drug-likeness (QED) is 0.563. The van der Waals surface area contributed by atoms with Crippen LogP contribution >= 0.6 is 0 Å². The fourth-order valence-corrected chi connectivity index (χ4v) is 4.30. The van der Waals surface area contributed by atoms with Crippen LogP contribution in [0.4, 0.5) is 0 Å². The van der Waals surface area contributed by atoms with Gasteiger partial charge in [-0.05, 0) is 45.2 Å². The molecule has 140 valence electrons. The van der Waals surface area contributed by atoms with Crippen molar-refractivity contribution in [3.63, 3.8) is 0 Å². The lowest BCUT2D eigenvalue weighted by atomic mass is 9.75. The molecule has 0 saturated carbocycles. The van der Waals surface area contributed by atoms with Crippen LogP contribution in [0.2, 0.25) is 0 Å². The zero-order chi connectivity index (χ0) is 17.3. The molecule has 0 spiro atoms. The first-order valence-electron chi connectivity index (χ1n) is 10.3. The molecule has 4 heteroatoms. The van der Waals surface area contributed by atoms with Crippen molar-refractivity contribution in [2.24, 2.45) is 10.6 Å². The van der Waals surface area contributed by atoms with Crippen molar-refractivity contribution in [2.75, 3.05) is 26.2 Å². The van der Waals surface area contributed by atoms with E-state index in [4.69, 9.17) is 9.57 Å². The highest BCUT2D eigenvalue weighted by atomic mass is 16.7. The van der Waals surface area contributed by atoms with Crippen LogP contribution in [0.1, 0.15) is 85.0 Å². The topological polar surface area (TPSA) is 34.1 Å². The van der Waals surface area contributed by atoms with Crippen LogP contribution in [0.25, 0.3) is 0 Å². The molecule has 0 N–H and O–H groups in total. The molecule has 4 nitrogen and oxygen atoms in total. The molecule has 1 unspecified atom stereocenters. The van der Waals surface area contributed by atoms with Crippen LogP contribution in [-0.4, -0.2) is 43.1 Å². The van der Waals surface area contributed by atoms with Crippen LogP contribution in [-0.2, 0) is 9.57 Å². The van der Waals surface area contributed by atoms with E-state index in [9.17, 15) is 0 Å². The number of rotatable bonds is 10. The van der Waals surface area contributed by atoms with E-state index in [-0.39, 0.29) is 11.5 Å². The third-order valence-electron chi connectivity index (χ3n) is 5.52. The van der Waals surface area contributed by atoms with E-state index in [1.54, 1.807) is 0 Å². The van der Waals surface area contributed by atoms with Crippen LogP contribution in [0, 0.1) is 5.41 Å². The van der Waals surface area contributed by atoms with E-state index in [1.165, 1.54) is 64.5 Å². The zero-order valence-electron chi connectivity index (χ0n) is 16.2. The molecular weight excluding hydrogens is 300 g/mol. The minimum Gasteiger partial charge on any atom is -0.470 e. The van der Waals surface area contributed by atoms with E-state index >= 15 is 0 Å². The number of hydrogen-bond donors (Lipinski definition) is 0. The molecule has 1 atom stereocenters. The maximum Gasteiger partial charge on any atom is 0.232 e. The molecular formula is C20H38N2O2. The molecule has 0 aromatic carbocycles. The maximum atomic E-state index is 6.44. The Morgan fingerprint density at radius 1 is 1.00 bits per heavy atom. The number of likely N-dealkylation sites (tertiary alicyclic amines) is 1. The lowest BCUT2D eigenvalue weighted by molar-refractivity contribution is -0.0242. The summed E-state index contributed by atoms with van der Waals surface area (Å²) in [5.74, 6) is 0.896. The summed E-state index contributed by atoms with van der Waals surface area (Å²) in [6.07, 6.45) is 12.4. The predicted octanol–water partition coefficient (Wildman–Crippen LogP) is 4.98. The van der Waals surface area contributed by atoms with E-state index in [1.807, 2.05) is 0 Å². The van der Waals surface area contributed by atoms with Gasteiger partial charge in [0.25, 0.3) is 0 Å². The molecule has 2 aliphatic heterocycles. The second kappa shape index (κ2) is 10.3. The fourth-order valence-electron chi connectivity index (χ4n) is 4.30. The SMILES string of the molecule is CCCCC(CCC)(CCC)C1=NOCC(CN2CCCCC2)O1. The first-order valence-corrected chi connectivity index (χ1v) is 10.3. The molecule has 0 bridgehead atoms. The van der Waals surface area contributed by atoms with Crippen molar-refractivity contribution in [3.05, 3.63) is 0 Å². The van der Waals surface area contributed by atoms with Gasteiger partial charge in [-0.25, -0.2) is 0 Å². The van der Waals surface area contributed by atoms with Crippen molar-refractivity contribution in [1.29, 1.82) is 0 Å². The molecule has 24 heavy (non-hydrogen) atoms. The van der Waals surface area contributed by atoms with Gasteiger partial charge in [0.05, 0.1) is 0 Å². The standard InChI is InChI=1S/C20H38N2O2/c1-4-7-13-20(11-5-2,12-6-3)19-21-23-17-18(24-19)16-22-14-9-8-10-15-22/h18H,4-17H2,1-3H3. The monoisotopic (exact) mass is 338 g/mol. The van der Waals surface area contributed by atoms with Crippen molar-refractivity contribution < 1.29 is 9.57 Å². The van der Waals surface area contributed by atoms with E-state index in [2.05, 4.69) is 30.8 Å². The van der Waals surface area contributed by atoms with Gasteiger partial charge in [0.1, 0.15) is 6.10 Å². The minimum absolute atomic E-state index is 0.0834. The molecule has 0 aliphatic carbocycles. The second-order valence-electron chi connectivity index (χ2n) is 7.68. The van der Waals surface area contributed by atoms with Gasteiger partial charge < -0.3 is 9.57 Å². The molecule has 1 fully saturated rings. The Kier molecular flexibility index (Phi) is 8.37. The second-order valence-corrected chi connectivity index (χ2v) is 7.68. The number of hydrogen-bond acceptors (Lipinski definition) is 4. The van der Waals surface area contributed by atoms with Gasteiger partial charge in [0, 0.05) is 12.0 Å². The van der Waals surface area contributed by atoms with Crippen LogP contribution < -0.4 is 0 Å². The summed E-state index contributed by atoms with van der Waals surface area (Å²) in [5.41, 5.74) is 0.0834. The third-order valence-corrected chi connectivity index (χ3v) is 5.52. The summed E-state index contributed by atoms with van der Waals surface area (Å²) in [6, 6.07) is 0. The Balaban J connectivity index is 2.02. The lowest BCUT2D eigenvalue weighted by Crippen LogP contribution is -2.45. The normalized spacial score (nSPS) is 22.6. The molecule has 2 heterocycles. The number of oxime groups is 1. The Morgan fingerprint density at radius 2 is 1.71 bits per heavy atom. The smallest absolute Gasteiger partial charge is 0.232 e. The Bertz CT molecular complexity index is 372. The molecule has 2 aliphatic rings. The first-order chi connectivity index (χ1) is 11.7. The minimum atomic E-state index is 0.0834. The van der Waals surface area contributed by atoms with Crippen LogP contribution in [0.3, 0.4) is 0 Å². The Labute approximate surface area is 148 Å². The lowest BCUT2D eigenvalue weighted by Gasteiger charge is -2.39. The van der Waals surface area contributed by atoms with Crippen molar-refractivity contribution >= 4 is 5.90 Å². The average molecular weight is 339 g/mol. The van der Waals surface area contributed by atoms with E-state index in [0.29, 0.717) is 6.61 Å². The van der Waals surface area contributed by atoms with Crippen LogP contribution in [0.5, 0.6) is 0 Å². The van der Waals surface area contributed by atoms with Crippen molar-refractivity contribution in [3.8, 4) is 0 Å². The van der Waals surface area contributed by atoms with Gasteiger partial charge in [-0.1, -0.05) is 58.0 Å². The van der Waals surface area contributed by atoms with Crippen molar-refractivity contribution in [1.82, 2.24) is 4.90 Å². The first kappa shape index (κ1) is 19.6. The number of nitrogens with zero attached hydrogens (tertiary/aromatic N) is 2. The summed E-state index contributed by atoms with van der Waals surface area (Å²) >= 11 is 0. The van der Waals surface area contributed by atoms with E-state index < -0.39 is 0 Å². The van der Waals surface area contributed by atoms with Gasteiger partial charge in [0.15, 0.2) is 6.61 Å². The van der Waals surface area contributed by atoms with E-state index in [0.717, 1.165) is 25.3 Å². The molecule has 0 aromatic heterocycles. The number of piperidine rings is 1. The maximum absolute atomic E-state index is 6.44. The fraction of sp³-hybridized carbons (Fsp3) is 0.950. The molecule has 0 radical (unpaired) electrons. The third kappa shape index (κ3) is 5.37. The number of unbranched alkanes of at least 4 members (excludes halogenated alkanes) is 1. The predicted molar refractivity (Wildman–Crippen MR) is 100 cm³/mol. The summed E-state index contributed by atoms with van der Waals surface area (Å²) in [7, 11) is 0. The number of ether oxygens (including phenoxy) is 1. The zero-order valence-corrected chi connectivity index (χ0v) is 16.2. The largest absolute Gasteiger partial charge is 0.470 e. The summed E-state index contributed by atoms with van der Waals surface area (Å²) in [6.45, 7) is 10.8. The molecule has 0 amide bonds. The van der Waals surface area contributed by atoms with Gasteiger partial charge in [-0.15, -0.1) is 0 Å². The molecule has 0 aromatic rings. The summed E-state index contributed by atoms with van der Waals surface area (Å²) in [5, 5.41) is 4.41.